The number of nitrogens with zero attached hydrogens (tertiary/aromatic N) is 2. The molecule has 1 heterocycles. The Kier molecular flexibility index (Phi) is 10.8. The zero-order valence-corrected chi connectivity index (χ0v) is 21.1. The molecule has 34 heavy (non-hydrogen) atoms. The van der Waals surface area contributed by atoms with Gasteiger partial charge in [0.2, 0.25) is 11.8 Å². The van der Waals surface area contributed by atoms with Gasteiger partial charge in [0.25, 0.3) is 0 Å². The molecule has 0 bridgehead atoms. The number of benzene rings is 1. The maximum Gasteiger partial charge on any atom is 0.410 e. The van der Waals surface area contributed by atoms with E-state index in [2.05, 4.69) is 12.2 Å². The molecule has 1 aromatic carbocycles. The molecule has 0 aromatic heterocycles. The zero-order chi connectivity index (χ0) is 25.1. The fourth-order valence-corrected chi connectivity index (χ4v) is 3.92. The number of carbonyl (C=O) groups is 3. The van der Waals surface area contributed by atoms with Crippen LogP contribution in [-0.2, 0) is 20.7 Å². The average Bonchev–Trinajstić information content (AvgIpc) is 2.78. The SMILES string of the molecule is CCCCCCCC(=O)N1CCN(C(=O)OC(C)(C)C)CC1C(=O)NCCc1ccc(F)cc1. The first kappa shape index (κ1) is 27.6. The number of halogens is 1. The van der Waals surface area contributed by atoms with Crippen molar-refractivity contribution in [1.82, 2.24) is 15.1 Å². The summed E-state index contributed by atoms with van der Waals surface area (Å²) in [7, 11) is 0. The van der Waals surface area contributed by atoms with Crippen LogP contribution in [0.5, 0.6) is 0 Å². The molecular weight excluding hydrogens is 437 g/mol. The summed E-state index contributed by atoms with van der Waals surface area (Å²) < 4.78 is 18.6. The van der Waals surface area contributed by atoms with E-state index in [1.54, 1.807) is 37.8 Å². The largest absolute Gasteiger partial charge is 0.444 e. The minimum Gasteiger partial charge on any atom is -0.444 e. The van der Waals surface area contributed by atoms with Gasteiger partial charge in [0.1, 0.15) is 17.5 Å². The molecule has 0 aliphatic carbocycles. The summed E-state index contributed by atoms with van der Waals surface area (Å²) in [6.45, 7) is 8.60. The first-order valence-electron chi connectivity index (χ1n) is 12.4. The van der Waals surface area contributed by atoms with Crippen molar-refractivity contribution in [1.29, 1.82) is 0 Å². The van der Waals surface area contributed by atoms with Crippen LogP contribution in [0.15, 0.2) is 24.3 Å². The highest BCUT2D eigenvalue weighted by Gasteiger charge is 2.37. The van der Waals surface area contributed by atoms with Crippen molar-refractivity contribution in [3.05, 3.63) is 35.6 Å². The molecule has 2 rings (SSSR count). The van der Waals surface area contributed by atoms with Crippen LogP contribution in [0, 0.1) is 5.82 Å². The van der Waals surface area contributed by atoms with Crippen LogP contribution in [0.3, 0.4) is 0 Å². The van der Waals surface area contributed by atoms with Gasteiger partial charge in [-0.2, -0.15) is 0 Å². The highest BCUT2D eigenvalue weighted by molar-refractivity contribution is 5.88. The molecule has 0 radical (unpaired) electrons. The zero-order valence-electron chi connectivity index (χ0n) is 21.1. The first-order valence-corrected chi connectivity index (χ1v) is 12.4. The topological polar surface area (TPSA) is 79.0 Å². The van der Waals surface area contributed by atoms with Gasteiger partial charge in [-0.15, -0.1) is 0 Å². The molecule has 1 unspecified atom stereocenters. The van der Waals surface area contributed by atoms with Crippen molar-refractivity contribution in [3.8, 4) is 0 Å². The number of amides is 3. The molecule has 190 valence electrons. The van der Waals surface area contributed by atoms with E-state index in [-0.39, 0.29) is 24.2 Å². The number of carbonyl (C=O) groups excluding carboxylic acids is 3. The van der Waals surface area contributed by atoms with Crippen molar-refractivity contribution in [2.45, 2.75) is 84.3 Å². The van der Waals surface area contributed by atoms with Crippen molar-refractivity contribution >= 4 is 17.9 Å². The molecule has 1 aliphatic heterocycles. The lowest BCUT2D eigenvalue weighted by Gasteiger charge is -2.40. The summed E-state index contributed by atoms with van der Waals surface area (Å²) in [5.41, 5.74) is 0.260. The summed E-state index contributed by atoms with van der Waals surface area (Å²) >= 11 is 0. The van der Waals surface area contributed by atoms with Crippen LogP contribution < -0.4 is 5.32 Å². The van der Waals surface area contributed by atoms with E-state index in [0.717, 1.165) is 37.7 Å². The first-order chi connectivity index (χ1) is 16.1. The number of hydrogen-bond donors (Lipinski definition) is 1. The van der Waals surface area contributed by atoms with Crippen molar-refractivity contribution in [2.75, 3.05) is 26.2 Å². The van der Waals surface area contributed by atoms with Crippen LogP contribution in [0.2, 0.25) is 0 Å². The van der Waals surface area contributed by atoms with Gasteiger partial charge in [0.15, 0.2) is 0 Å². The molecule has 1 aromatic rings. The number of piperazine rings is 1. The monoisotopic (exact) mass is 477 g/mol. The predicted molar refractivity (Wildman–Crippen MR) is 130 cm³/mol. The normalized spacial score (nSPS) is 16.3. The lowest BCUT2D eigenvalue weighted by atomic mass is 10.1. The second-order valence-electron chi connectivity index (χ2n) is 9.86. The van der Waals surface area contributed by atoms with Crippen LogP contribution in [-0.4, -0.2) is 65.5 Å². The van der Waals surface area contributed by atoms with Crippen LogP contribution >= 0.6 is 0 Å². The molecule has 1 atom stereocenters. The molecule has 1 N–H and O–H groups in total. The lowest BCUT2D eigenvalue weighted by Crippen LogP contribution is -2.62. The number of nitrogens with one attached hydrogen (secondary N) is 1. The maximum absolute atomic E-state index is 13.1. The van der Waals surface area contributed by atoms with E-state index >= 15 is 0 Å². The Balaban J connectivity index is 2.00. The maximum atomic E-state index is 13.1. The Morgan fingerprint density at radius 2 is 1.74 bits per heavy atom. The summed E-state index contributed by atoms with van der Waals surface area (Å²) in [4.78, 5) is 41.7. The highest BCUT2D eigenvalue weighted by Crippen LogP contribution is 2.17. The standard InChI is InChI=1S/C26H40FN3O4/c1-5-6-7-8-9-10-23(31)30-18-17-29(25(33)34-26(2,3)4)19-22(30)24(32)28-16-15-20-11-13-21(27)14-12-20/h11-14,22H,5-10,15-19H2,1-4H3,(H,28,32). The van der Waals surface area contributed by atoms with Crippen molar-refractivity contribution in [3.63, 3.8) is 0 Å². The van der Waals surface area contributed by atoms with Gasteiger partial charge in [0, 0.05) is 26.1 Å². The summed E-state index contributed by atoms with van der Waals surface area (Å²) in [6.07, 6.45) is 5.64. The Labute approximate surface area is 203 Å². The van der Waals surface area contributed by atoms with Gasteiger partial charge >= 0.3 is 6.09 Å². The average molecular weight is 478 g/mol. The molecule has 8 heteroatoms. The van der Waals surface area contributed by atoms with Gasteiger partial charge in [-0.1, -0.05) is 44.7 Å². The van der Waals surface area contributed by atoms with Gasteiger partial charge < -0.3 is 19.9 Å². The smallest absolute Gasteiger partial charge is 0.410 e. The van der Waals surface area contributed by atoms with Crippen LogP contribution in [0.25, 0.3) is 0 Å². The molecular formula is C26H40FN3O4. The van der Waals surface area contributed by atoms with E-state index in [0.29, 0.717) is 32.5 Å². The van der Waals surface area contributed by atoms with E-state index in [1.807, 2.05) is 0 Å². The van der Waals surface area contributed by atoms with Crippen LogP contribution in [0.1, 0.15) is 71.8 Å². The summed E-state index contributed by atoms with van der Waals surface area (Å²) in [6, 6.07) is 5.37. The van der Waals surface area contributed by atoms with Crippen molar-refractivity contribution < 1.29 is 23.5 Å². The second-order valence-corrected chi connectivity index (χ2v) is 9.86. The molecule has 0 saturated carbocycles. The summed E-state index contributed by atoms with van der Waals surface area (Å²) in [5.74, 6) is -0.658. The third-order valence-corrected chi connectivity index (χ3v) is 5.78. The molecule has 0 spiro atoms. The third kappa shape index (κ3) is 9.31. The molecule has 7 nitrogen and oxygen atoms in total. The minimum absolute atomic E-state index is 0.0565. The fourth-order valence-electron chi connectivity index (χ4n) is 3.92. The highest BCUT2D eigenvalue weighted by atomic mass is 19.1. The van der Waals surface area contributed by atoms with Crippen molar-refractivity contribution in [2.24, 2.45) is 0 Å². The van der Waals surface area contributed by atoms with Gasteiger partial charge in [-0.25, -0.2) is 9.18 Å². The Hall–Kier alpha value is -2.64. The minimum atomic E-state index is -0.766. The molecule has 1 fully saturated rings. The number of hydrogen-bond acceptors (Lipinski definition) is 4. The fraction of sp³-hybridized carbons (Fsp3) is 0.654. The molecule has 1 aliphatic rings. The third-order valence-electron chi connectivity index (χ3n) is 5.78. The van der Waals surface area contributed by atoms with Gasteiger partial charge in [0.05, 0.1) is 6.54 Å². The number of ether oxygens (including phenoxy) is 1. The van der Waals surface area contributed by atoms with E-state index in [4.69, 9.17) is 4.74 Å². The quantitative estimate of drug-likeness (QED) is 0.510. The van der Waals surface area contributed by atoms with E-state index < -0.39 is 17.7 Å². The Bertz CT molecular complexity index is 807. The Morgan fingerprint density at radius 3 is 2.38 bits per heavy atom. The molecule has 3 amide bonds. The predicted octanol–water partition coefficient (Wildman–Crippen LogP) is 4.29. The van der Waals surface area contributed by atoms with E-state index in [1.165, 1.54) is 17.0 Å². The summed E-state index contributed by atoms with van der Waals surface area (Å²) in [5, 5.41) is 2.89. The van der Waals surface area contributed by atoms with Gasteiger partial charge in [-0.05, 0) is 51.3 Å². The van der Waals surface area contributed by atoms with E-state index in [9.17, 15) is 18.8 Å². The lowest BCUT2D eigenvalue weighted by molar-refractivity contribution is -0.143. The Morgan fingerprint density at radius 1 is 1.06 bits per heavy atom. The number of rotatable bonds is 10. The number of unbranched alkanes of at least 4 members (excludes halogenated alkanes) is 4. The second kappa shape index (κ2) is 13.3. The van der Waals surface area contributed by atoms with Crippen LogP contribution in [0.4, 0.5) is 9.18 Å². The van der Waals surface area contributed by atoms with Gasteiger partial charge in [-0.3, -0.25) is 9.59 Å². The molecule has 1 saturated heterocycles.